The average molecular weight is 321 g/mol. The molecule has 0 saturated carbocycles. The molecule has 0 spiro atoms. The van der Waals surface area contributed by atoms with Crippen LogP contribution < -0.4 is 0 Å². The Balaban J connectivity index is 3.09. The van der Waals surface area contributed by atoms with Crippen molar-refractivity contribution < 1.29 is 5.11 Å². The molecule has 0 amide bonds. The Kier molecular flexibility index (Phi) is 18.7. The Morgan fingerprint density at radius 3 is 1.65 bits per heavy atom. The van der Waals surface area contributed by atoms with Crippen molar-refractivity contribution in [1.82, 2.24) is 0 Å². The molecule has 0 aromatic heterocycles. The first kappa shape index (κ1) is 22.3. The van der Waals surface area contributed by atoms with Crippen LogP contribution >= 0.6 is 0 Å². The quantitative estimate of drug-likeness (QED) is 0.177. The second-order valence-electron chi connectivity index (χ2n) is 6.76. The molecule has 1 heteroatoms. The van der Waals surface area contributed by atoms with Gasteiger partial charge in [-0.05, 0) is 38.5 Å². The molecule has 23 heavy (non-hydrogen) atoms. The van der Waals surface area contributed by atoms with Crippen LogP contribution in [0.15, 0.2) is 12.2 Å². The van der Waals surface area contributed by atoms with Crippen molar-refractivity contribution in [3.63, 3.8) is 0 Å². The van der Waals surface area contributed by atoms with E-state index in [-0.39, 0.29) is 0 Å². The van der Waals surface area contributed by atoms with Crippen molar-refractivity contribution >= 4 is 0 Å². The maximum atomic E-state index is 9.24. The second-order valence-corrected chi connectivity index (χ2v) is 6.76. The van der Waals surface area contributed by atoms with Gasteiger partial charge in [0.05, 0.1) is 0 Å². The summed E-state index contributed by atoms with van der Waals surface area (Å²) in [6, 6.07) is 0. The van der Waals surface area contributed by atoms with Crippen LogP contribution in [-0.2, 0) is 0 Å². The number of unbranched alkanes of at least 4 members (excludes halogenated alkanes) is 13. The molecule has 0 aliphatic heterocycles. The van der Waals surface area contributed by atoms with Gasteiger partial charge in [-0.15, -0.1) is 6.42 Å². The van der Waals surface area contributed by atoms with Crippen molar-refractivity contribution in [2.45, 2.75) is 116 Å². The molecule has 0 aliphatic carbocycles. The number of hydrogen-bond donors (Lipinski definition) is 1. The molecular formula is C22H40O. The van der Waals surface area contributed by atoms with Crippen LogP contribution in [0.4, 0.5) is 0 Å². The predicted molar refractivity (Wildman–Crippen MR) is 104 cm³/mol. The highest BCUT2D eigenvalue weighted by Crippen LogP contribution is 2.11. The Labute approximate surface area is 146 Å². The molecule has 134 valence electrons. The number of aliphatic hydroxyl groups is 1. The van der Waals surface area contributed by atoms with E-state index in [0.717, 1.165) is 12.8 Å². The highest BCUT2D eigenvalue weighted by atomic mass is 16.3. The van der Waals surface area contributed by atoms with Gasteiger partial charge in [-0.1, -0.05) is 89.2 Å². The number of hydrogen-bond acceptors (Lipinski definition) is 1. The Hall–Kier alpha value is -0.740. The second kappa shape index (κ2) is 19.3. The Morgan fingerprint density at radius 2 is 1.17 bits per heavy atom. The topological polar surface area (TPSA) is 20.2 Å². The molecule has 0 aromatic rings. The zero-order valence-corrected chi connectivity index (χ0v) is 15.6. The molecule has 1 nitrogen and oxygen atoms in total. The lowest BCUT2D eigenvalue weighted by molar-refractivity contribution is 0.217. The smallest absolute Gasteiger partial charge is 0.114 e. The average Bonchev–Trinajstić information content (AvgIpc) is 2.57. The molecular weight excluding hydrogens is 280 g/mol. The van der Waals surface area contributed by atoms with Gasteiger partial charge in [0.1, 0.15) is 6.10 Å². The molecule has 1 atom stereocenters. The van der Waals surface area contributed by atoms with Gasteiger partial charge in [0.25, 0.3) is 0 Å². The van der Waals surface area contributed by atoms with E-state index < -0.39 is 6.10 Å². The molecule has 0 radical (unpaired) electrons. The summed E-state index contributed by atoms with van der Waals surface area (Å²) in [6.45, 7) is 2.27. The SMILES string of the molecule is C#C[C@H](O)CCCCCCCCC/C=C/CCCCCCCC. The lowest BCUT2D eigenvalue weighted by Crippen LogP contribution is -2.01. The highest BCUT2D eigenvalue weighted by molar-refractivity contribution is 4.92. The van der Waals surface area contributed by atoms with Crippen molar-refractivity contribution in [2.24, 2.45) is 0 Å². The fraction of sp³-hybridized carbons (Fsp3) is 0.818. The molecule has 0 fully saturated rings. The zero-order chi connectivity index (χ0) is 17.0. The summed E-state index contributed by atoms with van der Waals surface area (Å²) in [5.74, 6) is 2.37. The summed E-state index contributed by atoms with van der Waals surface area (Å²) >= 11 is 0. The molecule has 0 unspecified atom stereocenters. The summed E-state index contributed by atoms with van der Waals surface area (Å²) in [5, 5.41) is 9.24. The summed E-state index contributed by atoms with van der Waals surface area (Å²) in [5.41, 5.74) is 0. The van der Waals surface area contributed by atoms with E-state index in [2.05, 4.69) is 25.0 Å². The highest BCUT2D eigenvalue weighted by Gasteiger charge is 1.97. The van der Waals surface area contributed by atoms with E-state index in [1.807, 2.05) is 0 Å². The van der Waals surface area contributed by atoms with Gasteiger partial charge < -0.3 is 5.11 Å². The third kappa shape index (κ3) is 19.2. The van der Waals surface area contributed by atoms with Crippen LogP contribution in [0.2, 0.25) is 0 Å². The maximum Gasteiger partial charge on any atom is 0.114 e. The number of rotatable bonds is 17. The first-order chi connectivity index (χ1) is 11.3. The normalized spacial score (nSPS) is 12.6. The van der Waals surface area contributed by atoms with Crippen LogP contribution in [0.25, 0.3) is 0 Å². The molecule has 0 heterocycles. The van der Waals surface area contributed by atoms with Crippen molar-refractivity contribution in [3.05, 3.63) is 12.2 Å². The third-order valence-electron chi connectivity index (χ3n) is 4.43. The molecule has 0 bridgehead atoms. The number of allylic oxidation sites excluding steroid dienone is 2. The Bertz CT molecular complexity index is 287. The van der Waals surface area contributed by atoms with E-state index in [1.165, 1.54) is 89.9 Å². The minimum atomic E-state index is -0.530. The van der Waals surface area contributed by atoms with E-state index >= 15 is 0 Å². The van der Waals surface area contributed by atoms with E-state index in [0.29, 0.717) is 0 Å². The minimum absolute atomic E-state index is 0.530. The zero-order valence-electron chi connectivity index (χ0n) is 15.6. The maximum absolute atomic E-state index is 9.24. The first-order valence-corrected chi connectivity index (χ1v) is 10.1. The summed E-state index contributed by atoms with van der Waals surface area (Å²) in [4.78, 5) is 0. The molecule has 0 aromatic carbocycles. The van der Waals surface area contributed by atoms with Gasteiger partial charge >= 0.3 is 0 Å². The summed E-state index contributed by atoms with van der Waals surface area (Å²) in [7, 11) is 0. The first-order valence-electron chi connectivity index (χ1n) is 10.1. The molecule has 0 rings (SSSR count). The van der Waals surface area contributed by atoms with Gasteiger partial charge in [-0.25, -0.2) is 0 Å². The van der Waals surface area contributed by atoms with Gasteiger partial charge in [0.2, 0.25) is 0 Å². The van der Waals surface area contributed by atoms with Crippen LogP contribution in [0.1, 0.15) is 110 Å². The molecule has 1 N–H and O–H groups in total. The largest absolute Gasteiger partial charge is 0.380 e. The van der Waals surface area contributed by atoms with E-state index in [1.54, 1.807) is 0 Å². The fourth-order valence-electron chi connectivity index (χ4n) is 2.85. The summed E-state index contributed by atoms with van der Waals surface area (Å²) in [6.07, 6.45) is 30.0. The Morgan fingerprint density at radius 1 is 0.739 bits per heavy atom. The number of aliphatic hydroxyl groups excluding tert-OH is 1. The third-order valence-corrected chi connectivity index (χ3v) is 4.43. The van der Waals surface area contributed by atoms with Gasteiger partial charge in [0, 0.05) is 0 Å². The predicted octanol–water partition coefficient (Wildman–Crippen LogP) is 6.80. The van der Waals surface area contributed by atoms with Crippen molar-refractivity contribution in [2.75, 3.05) is 0 Å². The van der Waals surface area contributed by atoms with Crippen LogP contribution in [0.3, 0.4) is 0 Å². The van der Waals surface area contributed by atoms with Gasteiger partial charge in [0.15, 0.2) is 0 Å². The molecule has 0 aliphatic rings. The minimum Gasteiger partial charge on any atom is -0.380 e. The number of terminal acetylenes is 1. The standard InChI is InChI=1S/C22H40O/c1-3-5-6-7-8-9-10-11-12-13-14-15-16-17-18-19-20-21-22(23)4-2/h2,11-12,22-23H,3,5-10,13-21H2,1H3/b12-11+/t22-/m0/s1. The van der Waals surface area contributed by atoms with Crippen molar-refractivity contribution in [3.8, 4) is 12.3 Å². The van der Waals surface area contributed by atoms with E-state index in [9.17, 15) is 5.11 Å². The lowest BCUT2D eigenvalue weighted by atomic mass is 10.1. The summed E-state index contributed by atoms with van der Waals surface area (Å²) < 4.78 is 0. The monoisotopic (exact) mass is 320 g/mol. The van der Waals surface area contributed by atoms with Crippen molar-refractivity contribution in [1.29, 1.82) is 0 Å². The fourth-order valence-corrected chi connectivity index (χ4v) is 2.85. The lowest BCUT2D eigenvalue weighted by Gasteiger charge is -2.03. The molecule has 0 saturated heterocycles. The van der Waals surface area contributed by atoms with Gasteiger partial charge in [-0.3, -0.25) is 0 Å². The van der Waals surface area contributed by atoms with Crippen LogP contribution in [0, 0.1) is 12.3 Å². The van der Waals surface area contributed by atoms with Crippen LogP contribution in [-0.4, -0.2) is 11.2 Å². The van der Waals surface area contributed by atoms with E-state index in [4.69, 9.17) is 6.42 Å². The van der Waals surface area contributed by atoms with Gasteiger partial charge in [-0.2, -0.15) is 0 Å². The van der Waals surface area contributed by atoms with Crippen LogP contribution in [0.5, 0.6) is 0 Å².